The fraction of sp³-hybridized carbons (Fsp3) is 0.355. The van der Waals surface area contributed by atoms with Crippen LogP contribution in [0.1, 0.15) is 41.7 Å². The van der Waals surface area contributed by atoms with E-state index >= 15 is 0 Å². The Morgan fingerprint density at radius 2 is 1.41 bits per heavy atom. The Hall–Kier alpha value is -3.65. The van der Waals surface area contributed by atoms with Crippen LogP contribution >= 0.6 is 0 Å². The molecule has 1 N–H and O–H groups in total. The Bertz CT molecular complexity index is 1370. The smallest absolute Gasteiger partial charge is 0.244 e. The molecule has 2 amide bonds. The van der Waals surface area contributed by atoms with Gasteiger partial charge in [0.15, 0.2) is 0 Å². The van der Waals surface area contributed by atoms with Crippen LogP contribution in [0.15, 0.2) is 72.8 Å². The number of para-hydroxylation sites is 1. The Morgan fingerprint density at radius 3 is 1.95 bits per heavy atom. The van der Waals surface area contributed by atoms with Gasteiger partial charge in [-0.05, 0) is 56.9 Å². The van der Waals surface area contributed by atoms with Crippen LogP contribution < -0.4 is 9.62 Å². The molecule has 39 heavy (non-hydrogen) atoms. The van der Waals surface area contributed by atoms with E-state index in [1.54, 1.807) is 0 Å². The molecule has 0 aromatic heterocycles. The average Bonchev–Trinajstić information content (AvgIpc) is 2.86. The summed E-state index contributed by atoms with van der Waals surface area (Å²) < 4.78 is 27.2. The van der Waals surface area contributed by atoms with Crippen LogP contribution in [-0.4, -0.2) is 50.0 Å². The van der Waals surface area contributed by atoms with Crippen LogP contribution in [0.5, 0.6) is 0 Å². The lowest BCUT2D eigenvalue weighted by molar-refractivity contribution is -0.140. The van der Waals surface area contributed by atoms with Gasteiger partial charge in [-0.25, -0.2) is 8.42 Å². The van der Waals surface area contributed by atoms with E-state index in [0.29, 0.717) is 12.1 Å². The maximum absolute atomic E-state index is 14.1. The molecule has 0 aliphatic rings. The molecule has 7 nitrogen and oxygen atoms in total. The van der Waals surface area contributed by atoms with E-state index in [4.69, 9.17) is 0 Å². The van der Waals surface area contributed by atoms with Gasteiger partial charge in [0, 0.05) is 19.0 Å². The van der Waals surface area contributed by atoms with Crippen molar-refractivity contribution < 1.29 is 18.0 Å². The minimum atomic E-state index is -3.81. The topological polar surface area (TPSA) is 86.8 Å². The molecule has 3 aromatic carbocycles. The summed E-state index contributed by atoms with van der Waals surface area (Å²) >= 11 is 0. The van der Waals surface area contributed by atoms with Gasteiger partial charge in [-0.2, -0.15) is 0 Å². The zero-order valence-corrected chi connectivity index (χ0v) is 24.5. The van der Waals surface area contributed by atoms with E-state index in [9.17, 15) is 18.0 Å². The van der Waals surface area contributed by atoms with E-state index in [0.717, 1.165) is 38.4 Å². The van der Waals surface area contributed by atoms with Gasteiger partial charge >= 0.3 is 0 Å². The normalized spacial score (nSPS) is 12.2. The van der Waals surface area contributed by atoms with Crippen molar-refractivity contribution in [1.82, 2.24) is 10.2 Å². The maximum Gasteiger partial charge on any atom is 0.244 e. The number of amides is 2. The monoisotopic (exact) mass is 549 g/mol. The first-order valence-electron chi connectivity index (χ1n) is 13.1. The molecule has 8 heteroatoms. The first kappa shape index (κ1) is 29.9. The second-order valence-corrected chi connectivity index (χ2v) is 12.3. The minimum absolute atomic E-state index is 0.130. The first-order chi connectivity index (χ1) is 18.4. The predicted octanol–water partition coefficient (Wildman–Crippen LogP) is 4.54. The summed E-state index contributed by atoms with van der Waals surface area (Å²) in [6.45, 7) is 9.11. The van der Waals surface area contributed by atoms with Crippen LogP contribution in [0.4, 0.5) is 5.69 Å². The maximum atomic E-state index is 14.1. The van der Waals surface area contributed by atoms with Crippen LogP contribution in [0, 0.1) is 20.8 Å². The van der Waals surface area contributed by atoms with Crippen molar-refractivity contribution in [3.63, 3.8) is 0 Å². The number of anilines is 1. The van der Waals surface area contributed by atoms with Crippen molar-refractivity contribution in [2.45, 2.75) is 59.7 Å². The number of carbonyl (C=O) groups is 2. The van der Waals surface area contributed by atoms with Gasteiger partial charge in [-0.3, -0.25) is 13.9 Å². The van der Waals surface area contributed by atoms with Crippen molar-refractivity contribution in [2.24, 2.45) is 0 Å². The highest BCUT2D eigenvalue weighted by Gasteiger charge is 2.33. The molecule has 0 heterocycles. The predicted molar refractivity (Wildman–Crippen MR) is 157 cm³/mol. The molecule has 0 fully saturated rings. The number of nitrogens with zero attached hydrogens (tertiary/aromatic N) is 2. The number of hydrogen-bond donors (Lipinski definition) is 1. The Labute approximate surface area is 232 Å². The highest BCUT2D eigenvalue weighted by molar-refractivity contribution is 7.92. The van der Waals surface area contributed by atoms with Crippen molar-refractivity contribution in [2.75, 3.05) is 17.1 Å². The zero-order chi connectivity index (χ0) is 28.7. The fourth-order valence-electron chi connectivity index (χ4n) is 4.60. The number of benzene rings is 3. The molecule has 1 unspecified atom stereocenters. The molecule has 0 bridgehead atoms. The lowest BCUT2D eigenvalue weighted by Crippen LogP contribution is -2.54. The van der Waals surface area contributed by atoms with Crippen LogP contribution in [0.2, 0.25) is 0 Å². The largest absolute Gasteiger partial charge is 0.352 e. The van der Waals surface area contributed by atoms with Crippen molar-refractivity contribution >= 4 is 27.5 Å². The number of nitrogens with one attached hydrogen (secondary N) is 1. The summed E-state index contributed by atoms with van der Waals surface area (Å²) in [6.07, 6.45) is 1.39. The second kappa shape index (κ2) is 12.9. The van der Waals surface area contributed by atoms with Gasteiger partial charge in [-0.1, -0.05) is 78.4 Å². The summed E-state index contributed by atoms with van der Waals surface area (Å²) in [4.78, 5) is 29.2. The average molecular weight is 550 g/mol. The number of sulfonamides is 1. The Balaban J connectivity index is 2.08. The molecule has 0 radical (unpaired) electrons. The standard InChI is InChI=1S/C31H39N3O4S/c1-22(2)32-31(36)28(19-26-13-8-7-9-14-26)33(20-27-17-15-23(3)16-18-27)29(35)21-34(39(6,37)38)30-24(4)11-10-12-25(30)5/h7-18,22,28H,19-21H2,1-6H3,(H,32,36). The molecule has 0 aliphatic heterocycles. The number of hydrogen-bond acceptors (Lipinski definition) is 4. The SMILES string of the molecule is Cc1ccc(CN(C(=O)CN(c2c(C)cccc2C)S(C)(=O)=O)C(Cc2ccccc2)C(=O)NC(C)C)cc1. The zero-order valence-electron chi connectivity index (χ0n) is 23.6. The third-order valence-corrected chi connectivity index (χ3v) is 7.66. The van der Waals surface area contributed by atoms with E-state index < -0.39 is 28.5 Å². The molecule has 3 rings (SSSR count). The fourth-order valence-corrected chi connectivity index (χ4v) is 5.56. The first-order valence-corrected chi connectivity index (χ1v) is 14.9. The van der Waals surface area contributed by atoms with Gasteiger partial charge in [0.25, 0.3) is 0 Å². The summed E-state index contributed by atoms with van der Waals surface area (Å²) in [5.41, 5.74) is 4.80. The van der Waals surface area contributed by atoms with Crippen molar-refractivity contribution in [3.8, 4) is 0 Å². The molecule has 0 saturated carbocycles. The summed E-state index contributed by atoms with van der Waals surface area (Å²) in [6, 6.07) is 21.8. The second-order valence-electron chi connectivity index (χ2n) is 10.4. The van der Waals surface area contributed by atoms with Gasteiger partial charge < -0.3 is 10.2 Å². The molecule has 208 valence electrons. The highest BCUT2D eigenvalue weighted by Crippen LogP contribution is 2.27. The molecular weight excluding hydrogens is 510 g/mol. The van der Waals surface area contributed by atoms with Crippen LogP contribution in [-0.2, 0) is 32.6 Å². The van der Waals surface area contributed by atoms with Gasteiger partial charge in [0.05, 0.1) is 11.9 Å². The van der Waals surface area contributed by atoms with Gasteiger partial charge in [-0.15, -0.1) is 0 Å². The Kier molecular flexibility index (Phi) is 9.92. The van der Waals surface area contributed by atoms with Gasteiger partial charge in [0.2, 0.25) is 21.8 Å². The summed E-state index contributed by atoms with van der Waals surface area (Å²) in [5, 5.41) is 2.96. The lowest BCUT2D eigenvalue weighted by Gasteiger charge is -2.34. The Morgan fingerprint density at radius 1 is 0.821 bits per heavy atom. The molecule has 0 spiro atoms. The summed E-state index contributed by atoms with van der Waals surface area (Å²) in [7, 11) is -3.81. The van der Waals surface area contributed by atoms with E-state index in [-0.39, 0.29) is 18.5 Å². The number of aryl methyl sites for hydroxylation is 3. The molecule has 3 aromatic rings. The lowest BCUT2D eigenvalue weighted by atomic mass is 10.0. The third-order valence-electron chi connectivity index (χ3n) is 6.54. The molecule has 0 aliphatic carbocycles. The van der Waals surface area contributed by atoms with E-state index in [2.05, 4.69) is 5.32 Å². The quantitative estimate of drug-likeness (QED) is 0.380. The molecular formula is C31H39N3O4S. The third kappa shape index (κ3) is 8.17. The molecule has 0 saturated heterocycles. The van der Waals surface area contributed by atoms with Crippen LogP contribution in [0.25, 0.3) is 0 Å². The number of rotatable bonds is 11. The molecule has 1 atom stereocenters. The summed E-state index contributed by atoms with van der Waals surface area (Å²) in [5.74, 6) is -0.740. The van der Waals surface area contributed by atoms with E-state index in [1.165, 1.54) is 4.90 Å². The van der Waals surface area contributed by atoms with Crippen LogP contribution in [0.3, 0.4) is 0 Å². The van der Waals surface area contributed by atoms with Gasteiger partial charge in [0.1, 0.15) is 12.6 Å². The van der Waals surface area contributed by atoms with E-state index in [1.807, 2.05) is 107 Å². The van der Waals surface area contributed by atoms with Crippen molar-refractivity contribution in [3.05, 3.63) is 101 Å². The number of carbonyl (C=O) groups excluding carboxylic acids is 2. The highest BCUT2D eigenvalue weighted by atomic mass is 32.2. The minimum Gasteiger partial charge on any atom is -0.352 e. The van der Waals surface area contributed by atoms with Crippen molar-refractivity contribution in [1.29, 1.82) is 0 Å².